The molecule has 1 aromatic heterocycles. The number of nitrogens with two attached hydrogens (primary N) is 1. The lowest BCUT2D eigenvalue weighted by atomic mass is 10.0. The molecule has 5 unspecified atom stereocenters. The Kier molecular flexibility index (Phi) is 12.2. The molecule has 1 aromatic carbocycles. The SMILES string of the molecule is Cn1ccc(C(=O)N[C@@H](CCCCC/C=C\C2CC2C(=O)NSC2(C)CC2)C(=O)N2CC(OS(=O)c3ccc(Br)cc3)CC2C(N)=O)n1. The Morgan fingerprint density at radius 1 is 1.17 bits per heavy atom. The van der Waals surface area contributed by atoms with Gasteiger partial charge in [-0.05, 0) is 93.6 Å². The number of carbonyl (C=O) groups excluding carboxylic acids is 4. The topological polar surface area (TPSA) is 166 Å². The number of likely N-dealkylation sites (tertiary alicyclic amines) is 1. The van der Waals surface area contributed by atoms with Gasteiger partial charge in [0.15, 0.2) is 11.1 Å². The highest BCUT2D eigenvalue weighted by Crippen LogP contribution is 2.47. The second-order valence-corrected chi connectivity index (χ2v) is 16.5. The molecule has 0 radical (unpaired) electrons. The van der Waals surface area contributed by atoms with Crippen molar-refractivity contribution in [2.45, 2.75) is 92.5 Å². The number of unbranched alkanes of at least 4 members (excludes halogenated alkanes) is 3. The molecule has 0 bridgehead atoms. The molecule has 1 saturated heterocycles. The first kappa shape index (κ1) is 36.3. The minimum Gasteiger partial charge on any atom is -0.368 e. The van der Waals surface area contributed by atoms with Crippen LogP contribution < -0.4 is 15.8 Å². The molecule has 6 atom stereocenters. The van der Waals surface area contributed by atoms with Gasteiger partial charge < -0.3 is 16.0 Å². The van der Waals surface area contributed by atoms with Crippen molar-refractivity contribution < 1.29 is 27.6 Å². The Labute approximate surface area is 296 Å². The standard InChI is InChI=1S/C33H43BrN6O6S2/c1-33(15-16-33)47-38-30(42)25-18-21(25)8-6-4-3-5-7-9-27(36-31(43)26-14-17-39(2)37-26)32(44)40-20-23(19-28(40)29(35)41)46-48(45)24-12-10-22(34)11-13-24/h6,8,10-14,17,21,23,25,27-28H,3-5,7,9,15-16,18-20H2,1-2H3,(H2,35,41)(H,36,43)(H,38,42)/b8-6-/t21?,23?,25?,27-,28?,48?/m0/s1. The molecule has 260 valence electrons. The Bertz CT molecular complexity index is 1550. The largest absolute Gasteiger partial charge is 0.368 e. The van der Waals surface area contributed by atoms with Crippen LogP contribution in [0.1, 0.15) is 75.2 Å². The first-order valence-electron chi connectivity index (χ1n) is 16.3. The van der Waals surface area contributed by atoms with Gasteiger partial charge in [0.25, 0.3) is 5.91 Å². The Morgan fingerprint density at radius 3 is 2.58 bits per heavy atom. The van der Waals surface area contributed by atoms with Gasteiger partial charge in [-0.2, -0.15) is 5.10 Å². The lowest BCUT2D eigenvalue weighted by molar-refractivity contribution is -0.139. The first-order valence-corrected chi connectivity index (χ1v) is 19.0. The van der Waals surface area contributed by atoms with E-state index in [9.17, 15) is 23.4 Å². The van der Waals surface area contributed by atoms with Crippen molar-refractivity contribution in [3.8, 4) is 0 Å². The van der Waals surface area contributed by atoms with E-state index in [4.69, 9.17) is 9.92 Å². The molecule has 2 saturated carbocycles. The number of aromatic nitrogens is 2. The van der Waals surface area contributed by atoms with Crippen LogP contribution in [-0.2, 0) is 36.7 Å². The molecule has 2 aliphatic carbocycles. The molecule has 12 nitrogen and oxygen atoms in total. The minimum atomic E-state index is -1.81. The maximum Gasteiger partial charge on any atom is 0.272 e. The molecule has 4 N–H and O–H groups in total. The molecule has 48 heavy (non-hydrogen) atoms. The number of allylic oxidation sites excluding steroid dienone is 2. The molecule has 5 rings (SSSR count). The summed E-state index contributed by atoms with van der Waals surface area (Å²) in [5.41, 5.74) is 5.87. The van der Waals surface area contributed by atoms with Crippen molar-refractivity contribution in [2.75, 3.05) is 6.54 Å². The van der Waals surface area contributed by atoms with E-state index in [-0.39, 0.29) is 35.2 Å². The Hall–Kier alpha value is -3.01. The molecule has 15 heteroatoms. The third kappa shape index (κ3) is 10.0. The summed E-state index contributed by atoms with van der Waals surface area (Å²) >= 11 is 3.09. The van der Waals surface area contributed by atoms with Crippen LogP contribution in [0, 0.1) is 11.8 Å². The molecule has 1 aliphatic heterocycles. The number of halogens is 1. The predicted octanol–water partition coefficient (Wildman–Crippen LogP) is 3.93. The fourth-order valence-electron chi connectivity index (χ4n) is 5.65. The highest BCUT2D eigenvalue weighted by Gasteiger charge is 2.44. The predicted molar refractivity (Wildman–Crippen MR) is 186 cm³/mol. The number of hydrogen-bond donors (Lipinski definition) is 3. The summed E-state index contributed by atoms with van der Waals surface area (Å²) in [6.07, 6.45) is 12.0. The number of nitrogens with zero attached hydrogens (tertiary/aromatic N) is 3. The Balaban J connectivity index is 1.13. The second kappa shape index (κ2) is 16.1. The smallest absolute Gasteiger partial charge is 0.272 e. The normalized spacial score (nSPS) is 23.9. The highest BCUT2D eigenvalue weighted by molar-refractivity contribution is 9.10. The monoisotopic (exact) mass is 762 g/mol. The summed E-state index contributed by atoms with van der Waals surface area (Å²) in [4.78, 5) is 53.5. The summed E-state index contributed by atoms with van der Waals surface area (Å²) in [6, 6.07) is 6.50. The zero-order valence-corrected chi connectivity index (χ0v) is 30.4. The van der Waals surface area contributed by atoms with E-state index >= 15 is 0 Å². The molecule has 0 spiro atoms. The Morgan fingerprint density at radius 2 is 1.92 bits per heavy atom. The van der Waals surface area contributed by atoms with Crippen molar-refractivity contribution in [2.24, 2.45) is 24.6 Å². The number of carbonyl (C=O) groups is 4. The van der Waals surface area contributed by atoms with Crippen LogP contribution >= 0.6 is 27.9 Å². The maximum absolute atomic E-state index is 13.9. The quantitative estimate of drug-likeness (QED) is 0.124. The van der Waals surface area contributed by atoms with Crippen LogP contribution in [-0.4, -0.2) is 72.0 Å². The summed E-state index contributed by atoms with van der Waals surface area (Å²) in [6.45, 7) is 2.18. The van der Waals surface area contributed by atoms with Crippen molar-refractivity contribution in [3.63, 3.8) is 0 Å². The van der Waals surface area contributed by atoms with Crippen molar-refractivity contribution in [3.05, 3.63) is 58.8 Å². The zero-order valence-electron chi connectivity index (χ0n) is 27.1. The van der Waals surface area contributed by atoms with Gasteiger partial charge >= 0.3 is 0 Å². The summed E-state index contributed by atoms with van der Waals surface area (Å²) in [5, 5.41) is 6.96. The van der Waals surface area contributed by atoms with Gasteiger partial charge in [0, 0.05) is 41.3 Å². The van der Waals surface area contributed by atoms with E-state index in [2.05, 4.69) is 50.1 Å². The number of nitrogens with one attached hydrogen (secondary N) is 2. The van der Waals surface area contributed by atoms with Gasteiger partial charge in [-0.1, -0.05) is 40.9 Å². The zero-order chi connectivity index (χ0) is 34.4. The van der Waals surface area contributed by atoms with Gasteiger partial charge in [0.2, 0.25) is 17.7 Å². The van der Waals surface area contributed by atoms with Crippen molar-refractivity contribution >= 4 is 62.6 Å². The second-order valence-electron chi connectivity index (χ2n) is 13.0. The van der Waals surface area contributed by atoms with E-state index in [0.29, 0.717) is 23.7 Å². The van der Waals surface area contributed by atoms with Gasteiger partial charge in [0.05, 0.1) is 11.0 Å². The van der Waals surface area contributed by atoms with E-state index in [0.717, 1.165) is 43.0 Å². The summed E-state index contributed by atoms with van der Waals surface area (Å²) in [7, 11) is 1.69. The number of primary amides is 1. The fourth-order valence-corrected chi connectivity index (χ4v) is 7.57. The number of amides is 4. The van der Waals surface area contributed by atoms with Crippen LogP contribution in [0.25, 0.3) is 0 Å². The van der Waals surface area contributed by atoms with Crippen molar-refractivity contribution in [1.82, 2.24) is 24.7 Å². The van der Waals surface area contributed by atoms with Gasteiger partial charge in [-0.25, -0.2) is 4.21 Å². The number of aryl methyl sites for hydroxylation is 1. The van der Waals surface area contributed by atoms with Crippen molar-refractivity contribution in [1.29, 1.82) is 0 Å². The average molecular weight is 764 g/mol. The van der Waals surface area contributed by atoms with E-state index in [1.54, 1.807) is 55.5 Å². The van der Waals surface area contributed by atoms with Crippen LogP contribution in [0.15, 0.2) is 58.0 Å². The maximum atomic E-state index is 13.9. The third-order valence-electron chi connectivity index (χ3n) is 8.93. The molecular weight excluding hydrogens is 720 g/mol. The van der Waals surface area contributed by atoms with Gasteiger partial charge in [-0.3, -0.25) is 32.8 Å². The first-order chi connectivity index (χ1) is 22.9. The number of benzene rings is 1. The van der Waals surface area contributed by atoms with Crippen LogP contribution in [0.4, 0.5) is 0 Å². The third-order valence-corrected chi connectivity index (χ3v) is 11.8. The summed E-state index contributed by atoms with van der Waals surface area (Å²) < 4.78 is 24.2. The van der Waals surface area contributed by atoms with E-state index in [1.807, 2.05) is 0 Å². The van der Waals surface area contributed by atoms with Crippen LogP contribution in [0.5, 0.6) is 0 Å². The van der Waals surface area contributed by atoms with Gasteiger partial charge in [-0.15, -0.1) is 0 Å². The minimum absolute atomic E-state index is 0.00759. The molecule has 2 aromatic rings. The average Bonchev–Trinajstić information content (AvgIpc) is 3.90. The lowest BCUT2D eigenvalue weighted by Gasteiger charge is -2.27. The molecule has 4 amide bonds. The summed E-state index contributed by atoms with van der Waals surface area (Å²) in [5.74, 6) is -1.17. The van der Waals surface area contributed by atoms with Crippen LogP contribution in [0.3, 0.4) is 0 Å². The lowest BCUT2D eigenvalue weighted by Crippen LogP contribution is -2.53. The number of hydrogen-bond acceptors (Lipinski definition) is 8. The molecule has 3 aliphatic rings. The highest BCUT2D eigenvalue weighted by atomic mass is 79.9. The number of rotatable bonds is 17. The van der Waals surface area contributed by atoms with Crippen LogP contribution in [0.2, 0.25) is 0 Å². The van der Waals surface area contributed by atoms with E-state index < -0.39 is 47.0 Å². The molecular formula is C33H43BrN6O6S2. The molecule has 2 heterocycles. The van der Waals surface area contributed by atoms with Gasteiger partial charge in [0.1, 0.15) is 17.8 Å². The molecule has 3 fully saturated rings. The fraction of sp³-hybridized carbons (Fsp3) is 0.545. The van der Waals surface area contributed by atoms with E-state index in [1.165, 1.54) is 9.58 Å².